The smallest absolute Gasteiger partial charge is 0.0391 e. The molecule has 0 aromatic rings. The van der Waals surface area contributed by atoms with Crippen LogP contribution < -0.4 is 0 Å². The summed E-state index contributed by atoms with van der Waals surface area (Å²) in [7, 11) is 0. The topological polar surface area (TPSA) is 0 Å². The highest BCUT2D eigenvalue weighted by atomic mass is 14.2. The third kappa shape index (κ3) is 6.98. The third-order valence-corrected chi connectivity index (χ3v) is 3.98. The molecule has 3 unspecified atom stereocenters. The van der Waals surface area contributed by atoms with Crippen LogP contribution in [0, 0.1) is 23.7 Å². The van der Waals surface area contributed by atoms with Crippen LogP contribution in [-0.2, 0) is 0 Å². The summed E-state index contributed by atoms with van der Waals surface area (Å²) in [6.45, 7) is 14.3. The molecule has 0 radical (unpaired) electrons. The average Bonchev–Trinajstić information content (AvgIpc) is 2.16. The minimum Gasteiger partial charge on any atom is -0.0654 e. The van der Waals surface area contributed by atoms with Crippen LogP contribution in [0.3, 0.4) is 0 Å². The van der Waals surface area contributed by atoms with Gasteiger partial charge in [-0.1, -0.05) is 73.6 Å². The molecule has 3 atom stereocenters. The van der Waals surface area contributed by atoms with Crippen molar-refractivity contribution in [1.29, 1.82) is 0 Å². The molecular formula is C15H32. The lowest BCUT2D eigenvalue weighted by molar-refractivity contribution is 0.246. The predicted molar refractivity (Wildman–Crippen MR) is 71.1 cm³/mol. The summed E-state index contributed by atoms with van der Waals surface area (Å²) in [5, 5.41) is 0. The Bertz CT molecular complexity index is 137. The van der Waals surface area contributed by atoms with E-state index in [1.165, 1.54) is 32.1 Å². The van der Waals surface area contributed by atoms with Gasteiger partial charge in [0.1, 0.15) is 0 Å². The molecule has 0 saturated carbocycles. The Kier molecular flexibility index (Phi) is 8.19. The fourth-order valence-corrected chi connectivity index (χ4v) is 2.39. The highest BCUT2D eigenvalue weighted by molar-refractivity contribution is 4.68. The largest absolute Gasteiger partial charge is 0.0654 e. The zero-order valence-electron chi connectivity index (χ0n) is 11.8. The normalized spacial score (nSPS) is 17.8. The number of rotatable bonds is 8. The molecule has 0 heterocycles. The predicted octanol–water partition coefficient (Wildman–Crippen LogP) is 5.52. The molecule has 0 heteroatoms. The Balaban J connectivity index is 3.72. The Morgan fingerprint density at radius 2 is 1.27 bits per heavy atom. The van der Waals surface area contributed by atoms with Gasteiger partial charge in [0.05, 0.1) is 0 Å². The monoisotopic (exact) mass is 212 g/mol. The number of hydrogen-bond acceptors (Lipinski definition) is 0. The molecular weight excluding hydrogens is 180 g/mol. The zero-order valence-corrected chi connectivity index (χ0v) is 11.8. The van der Waals surface area contributed by atoms with E-state index in [1.54, 1.807) is 0 Å². The quantitative estimate of drug-likeness (QED) is 0.497. The lowest BCUT2D eigenvalue weighted by Crippen LogP contribution is -2.16. The summed E-state index contributed by atoms with van der Waals surface area (Å²) in [6, 6.07) is 0. The summed E-state index contributed by atoms with van der Waals surface area (Å²) in [4.78, 5) is 0. The third-order valence-electron chi connectivity index (χ3n) is 3.98. The molecule has 92 valence electrons. The van der Waals surface area contributed by atoms with Gasteiger partial charge >= 0.3 is 0 Å². The van der Waals surface area contributed by atoms with Crippen molar-refractivity contribution in [3.8, 4) is 0 Å². The van der Waals surface area contributed by atoms with Crippen LogP contribution in [0.15, 0.2) is 0 Å². The standard InChI is InChI=1S/C15H32/c1-7-9-13(4)15(6)14(5)11-8-10-12(2)3/h12-15H,7-11H2,1-6H3. The molecule has 0 saturated heterocycles. The van der Waals surface area contributed by atoms with Gasteiger partial charge in [-0.2, -0.15) is 0 Å². The van der Waals surface area contributed by atoms with E-state index in [-0.39, 0.29) is 0 Å². The Hall–Kier alpha value is 0. The van der Waals surface area contributed by atoms with E-state index in [2.05, 4.69) is 41.5 Å². The van der Waals surface area contributed by atoms with Gasteiger partial charge in [-0.15, -0.1) is 0 Å². The molecule has 0 aliphatic carbocycles. The minimum atomic E-state index is 0.876. The van der Waals surface area contributed by atoms with Crippen LogP contribution in [0.1, 0.15) is 73.6 Å². The lowest BCUT2D eigenvalue weighted by Gasteiger charge is -2.26. The fourth-order valence-electron chi connectivity index (χ4n) is 2.39. The first kappa shape index (κ1) is 15.0. The van der Waals surface area contributed by atoms with E-state index in [0.717, 1.165) is 23.7 Å². The van der Waals surface area contributed by atoms with E-state index in [4.69, 9.17) is 0 Å². The molecule has 0 aromatic carbocycles. The molecule has 0 nitrogen and oxygen atoms in total. The molecule has 0 bridgehead atoms. The van der Waals surface area contributed by atoms with Gasteiger partial charge in [0.15, 0.2) is 0 Å². The van der Waals surface area contributed by atoms with Crippen molar-refractivity contribution >= 4 is 0 Å². The highest BCUT2D eigenvalue weighted by Gasteiger charge is 2.17. The van der Waals surface area contributed by atoms with Crippen molar-refractivity contribution in [2.75, 3.05) is 0 Å². The number of hydrogen-bond donors (Lipinski definition) is 0. The fraction of sp³-hybridized carbons (Fsp3) is 1.00. The lowest BCUT2D eigenvalue weighted by atomic mass is 9.80. The molecule has 0 aromatic heterocycles. The van der Waals surface area contributed by atoms with Crippen molar-refractivity contribution in [1.82, 2.24) is 0 Å². The molecule has 15 heavy (non-hydrogen) atoms. The van der Waals surface area contributed by atoms with Crippen molar-refractivity contribution in [2.24, 2.45) is 23.7 Å². The minimum absolute atomic E-state index is 0.876. The second-order valence-electron chi connectivity index (χ2n) is 5.93. The second kappa shape index (κ2) is 8.19. The molecule has 0 spiro atoms. The van der Waals surface area contributed by atoms with Gasteiger partial charge < -0.3 is 0 Å². The van der Waals surface area contributed by atoms with Gasteiger partial charge in [0, 0.05) is 0 Å². The van der Waals surface area contributed by atoms with Gasteiger partial charge in [-0.05, 0) is 23.7 Å². The maximum Gasteiger partial charge on any atom is -0.0391 e. The van der Waals surface area contributed by atoms with Gasteiger partial charge in [-0.25, -0.2) is 0 Å². The Morgan fingerprint density at radius 3 is 1.73 bits per heavy atom. The van der Waals surface area contributed by atoms with Crippen LogP contribution >= 0.6 is 0 Å². The molecule has 0 aliphatic rings. The first-order valence-corrected chi connectivity index (χ1v) is 6.99. The maximum absolute atomic E-state index is 2.44. The maximum atomic E-state index is 2.44. The Morgan fingerprint density at radius 1 is 0.733 bits per heavy atom. The van der Waals surface area contributed by atoms with Crippen molar-refractivity contribution in [3.05, 3.63) is 0 Å². The van der Waals surface area contributed by atoms with Crippen LogP contribution in [0.4, 0.5) is 0 Å². The summed E-state index contributed by atoms with van der Waals surface area (Å²) in [5.41, 5.74) is 0. The first-order valence-electron chi connectivity index (χ1n) is 6.99. The van der Waals surface area contributed by atoms with E-state index >= 15 is 0 Å². The van der Waals surface area contributed by atoms with Crippen molar-refractivity contribution in [3.63, 3.8) is 0 Å². The summed E-state index contributed by atoms with van der Waals surface area (Å²) >= 11 is 0. The van der Waals surface area contributed by atoms with E-state index in [9.17, 15) is 0 Å². The summed E-state index contributed by atoms with van der Waals surface area (Å²) in [6.07, 6.45) is 6.98. The van der Waals surface area contributed by atoms with Crippen LogP contribution in [0.2, 0.25) is 0 Å². The van der Waals surface area contributed by atoms with Crippen LogP contribution in [-0.4, -0.2) is 0 Å². The van der Waals surface area contributed by atoms with E-state index in [1.807, 2.05) is 0 Å². The molecule has 0 fully saturated rings. The molecule has 0 N–H and O–H groups in total. The molecule has 0 aliphatic heterocycles. The summed E-state index contributed by atoms with van der Waals surface area (Å²) < 4.78 is 0. The van der Waals surface area contributed by atoms with Crippen LogP contribution in [0.25, 0.3) is 0 Å². The zero-order chi connectivity index (χ0) is 11.8. The van der Waals surface area contributed by atoms with Crippen LogP contribution in [0.5, 0.6) is 0 Å². The van der Waals surface area contributed by atoms with Crippen molar-refractivity contribution in [2.45, 2.75) is 73.6 Å². The van der Waals surface area contributed by atoms with Gasteiger partial charge in [-0.3, -0.25) is 0 Å². The first-order chi connectivity index (χ1) is 6.99. The Labute approximate surface area is 97.8 Å². The molecule has 0 rings (SSSR count). The van der Waals surface area contributed by atoms with E-state index < -0.39 is 0 Å². The van der Waals surface area contributed by atoms with Gasteiger partial charge in [0.2, 0.25) is 0 Å². The van der Waals surface area contributed by atoms with Gasteiger partial charge in [0.25, 0.3) is 0 Å². The SMILES string of the molecule is CCCC(C)C(C)C(C)CCCC(C)C. The van der Waals surface area contributed by atoms with E-state index in [0.29, 0.717) is 0 Å². The summed E-state index contributed by atoms with van der Waals surface area (Å²) in [5.74, 6) is 3.59. The average molecular weight is 212 g/mol. The second-order valence-corrected chi connectivity index (χ2v) is 5.93. The molecule has 0 amide bonds. The highest BCUT2D eigenvalue weighted by Crippen LogP contribution is 2.28. The van der Waals surface area contributed by atoms with Crippen molar-refractivity contribution < 1.29 is 0 Å².